The summed E-state index contributed by atoms with van der Waals surface area (Å²) in [6.45, 7) is 3.62. The molecule has 1 aromatic rings. The molecule has 1 heterocycles. The highest BCUT2D eigenvalue weighted by molar-refractivity contribution is 5.90. The zero-order valence-corrected chi connectivity index (χ0v) is 9.97. The van der Waals surface area contributed by atoms with Crippen molar-refractivity contribution in [3.63, 3.8) is 0 Å². The SMILES string of the molecule is C=C/C(=C\N(C)C)NC(=O)Nc1cccnc1. The monoisotopic (exact) mass is 232 g/mol. The van der Waals surface area contributed by atoms with Crippen molar-refractivity contribution in [2.45, 2.75) is 0 Å². The number of allylic oxidation sites excluding steroid dienone is 1. The minimum atomic E-state index is -0.328. The van der Waals surface area contributed by atoms with E-state index in [2.05, 4.69) is 22.2 Å². The molecule has 0 aliphatic carbocycles. The van der Waals surface area contributed by atoms with Crippen LogP contribution in [-0.4, -0.2) is 30.0 Å². The van der Waals surface area contributed by atoms with Crippen molar-refractivity contribution in [1.29, 1.82) is 0 Å². The molecular formula is C12H16N4O. The standard InChI is InChI=1S/C12H16N4O/c1-4-10(9-16(2)3)14-12(17)15-11-6-5-7-13-8-11/h4-9H,1H2,2-3H3,(H2,14,15,17)/b10-9+. The molecule has 0 aliphatic rings. The maximum Gasteiger partial charge on any atom is 0.323 e. The number of carbonyl (C=O) groups excluding carboxylic acids is 1. The summed E-state index contributed by atoms with van der Waals surface area (Å²) < 4.78 is 0. The van der Waals surface area contributed by atoms with Gasteiger partial charge in [0.1, 0.15) is 0 Å². The number of nitrogens with one attached hydrogen (secondary N) is 2. The molecule has 1 rings (SSSR count). The molecule has 1 aromatic heterocycles. The van der Waals surface area contributed by atoms with Gasteiger partial charge in [-0.05, 0) is 18.2 Å². The van der Waals surface area contributed by atoms with Gasteiger partial charge in [0.25, 0.3) is 0 Å². The highest BCUT2D eigenvalue weighted by atomic mass is 16.2. The Morgan fingerprint density at radius 1 is 1.53 bits per heavy atom. The van der Waals surface area contributed by atoms with Crippen LogP contribution in [0, 0.1) is 0 Å². The molecule has 0 aliphatic heterocycles. The lowest BCUT2D eigenvalue weighted by Crippen LogP contribution is -2.28. The maximum absolute atomic E-state index is 11.6. The first-order chi connectivity index (χ1) is 8.11. The average Bonchev–Trinajstić information content (AvgIpc) is 2.28. The molecule has 5 heteroatoms. The normalized spacial score (nSPS) is 10.6. The quantitative estimate of drug-likeness (QED) is 0.778. The molecule has 0 saturated heterocycles. The molecule has 2 amide bonds. The van der Waals surface area contributed by atoms with Crippen LogP contribution in [0.1, 0.15) is 0 Å². The number of anilines is 1. The lowest BCUT2D eigenvalue weighted by molar-refractivity contribution is 0.254. The topological polar surface area (TPSA) is 57.3 Å². The Labute approximate surface area is 101 Å². The van der Waals surface area contributed by atoms with Crippen molar-refractivity contribution in [3.8, 4) is 0 Å². The van der Waals surface area contributed by atoms with Gasteiger partial charge >= 0.3 is 6.03 Å². The Hall–Kier alpha value is -2.30. The lowest BCUT2D eigenvalue weighted by atomic mass is 10.4. The number of urea groups is 1. The summed E-state index contributed by atoms with van der Waals surface area (Å²) in [4.78, 5) is 17.3. The van der Waals surface area contributed by atoms with Crippen LogP contribution in [0.2, 0.25) is 0 Å². The summed E-state index contributed by atoms with van der Waals surface area (Å²) in [6, 6.07) is 3.18. The van der Waals surface area contributed by atoms with Crippen molar-refractivity contribution < 1.29 is 4.79 Å². The Morgan fingerprint density at radius 2 is 2.29 bits per heavy atom. The number of carbonyl (C=O) groups is 1. The first-order valence-corrected chi connectivity index (χ1v) is 5.10. The molecule has 0 unspecified atom stereocenters. The molecule has 0 saturated carbocycles. The van der Waals surface area contributed by atoms with Crippen molar-refractivity contribution in [3.05, 3.63) is 49.1 Å². The van der Waals surface area contributed by atoms with Gasteiger partial charge < -0.3 is 15.5 Å². The van der Waals surface area contributed by atoms with Gasteiger partial charge in [0.2, 0.25) is 0 Å². The molecule has 0 radical (unpaired) electrons. The summed E-state index contributed by atoms with van der Waals surface area (Å²) in [5.74, 6) is 0. The molecule has 0 atom stereocenters. The first kappa shape index (κ1) is 12.8. The van der Waals surface area contributed by atoms with Crippen LogP contribution in [0.3, 0.4) is 0 Å². The second kappa shape index (κ2) is 6.32. The van der Waals surface area contributed by atoms with E-state index >= 15 is 0 Å². The zero-order chi connectivity index (χ0) is 12.7. The van der Waals surface area contributed by atoms with Crippen molar-refractivity contribution >= 4 is 11.7 Å². The Balaban J connectivity index is 2.58. The first-order valence-electron chi connectivity index (χ1n) is 5.10. The maximum atomic E-state index is 11.6. The van der Waals surface area contributed by atoms with E-state index in [9.17, 15) is 4.79 Å². The Bertz CT molecular complexity index is 412. The molecular weight excluding hydrogens is 216 g/mol. The smallest absolute Gasteiger partial charge is 0.323 e. The van der Waals surface area contributed by atoms with E-state index in [1.54, 1.807) is 36.8 Å². The van der Waals surface area contributed by atoms with E-state index in [4.69, 9.17) is 0 Å². The summed E-state index contributed by atoms with van der Waals surface area (Å²) in [5, 5.41) is 5.33. The number of hydrogen-bond acceptors (Lipinski definition) is 3. The van der Waals surface area contributed by atoms with E-state index in [0.717, 1.165) is 0 Å². The number of pyridine rings is 1. The molecule has 90 valence electrons. The van der Waals surface area contributed by atoms with Gasteiger partial charge in [-0.1, -0.05) is 6.58 Å². The van der Waals surface area contributed by atoms with Crippen LogP contribution >= 0.6 is 0 Å². The molecule has 0 bridgehead atoms. The summed E-state index contributed by atoms with van der Waals surface area (Å²) in [6.07, 6.45) is 6.55. The molecule has 0 fully saturated rings. The summed E-state index contributed by atoms with van der Waals surface area (Å²) >= 11 is 0. The predicted molar refractivity (Wildman–Crippen MR) is 68.4 cm³/mol. The molecule has 0 spiro atoms. The van der Waals surface area contributed by atoms with Crippen molar-refractivity contribution in [2.24, 2.45) is 0 Å². The van der Waals surface area contributed by atoms with Crippen LogP contribution < -0.4 is 10.6 Å². The number of nitrogens with zero attached hydrogens (tertiary/aromatic N) is 2. The van der Waals surface area contributed by atoms with Crippen LogP contribution in [0.25, 0.3) is 0 Å². The van der Waals surface area contributed by atoms with Crippen LogP contribution in [0.15, 0.2) is 49.1 Å². The largest absolute Gasteiger partial charge is 0.382 e. The van der Waals surface area contributed by atoms with Crippen LogP contribution in [0.4, 0.5) is 10.5 Å². The van der Waals surface area contributed by atoms with E-state index in [1.807, 2.05) is 19.0 Å². The number of rotatable bonds is 4. The predicted octanol–water partition coefficient (Wildman–Crippen LogP) is 1.79. The van der Waals surface area contributed by atoms with Crippen LogP contribution in [0.5, 0.6) is 0 Å². The fourth-order valence-corrected chi connectivity index (χ4v) is 1.14. The highest BCUT2D eigenvalue weighted by Gasteiger charge is 2.02. The molecule has 17 heavy (non-hydrogen) atoms. The number of aromatic nitrogens is 1. The van der Waals surface area contributed by atoms with E-state index < -0.39 is 0 Å². The Morgan fingerprint density at radius 3 is 2.82 bits per heavy atom. The number of hydrogen-bond donors (Lipinski definition) is 2. The highest BCUT2D eigenvalue weighted by Crippen LogP contribution is 2.02. The fraction of sp³-hybridized carbons (Fsp3) is 0.167. The Kier molecular flexibility index (Phi) is 4.75. The van der Waals surface area contributed by atoms with Gasteiger partial charge in [0.15, 0.2) is 0 Å². The second-order valence-electron chi connectivity index (χ2n) is 3.57. The third-order valence-corrected chi connectivity index (χ3v) is 1.79. The van der Waals surface area contributed by atoms with Gasteiger partial charge in [-0.15, -0.1) is 0 Å². The minimum Gasteiger partial charge on any atom is -0.382 e. The van der Waals surface area contributed by atoms with Crippen molar-refractivity contribution in [2.75, 3.05) is 19.4 Å². The average molecular weight is 232 g/mol. The third kappa shape index (κ3) is 4.83. The van der Waals surface area contributed by atoms with Gasteiger partial charge in [0.05, 0.1) is 17.6 Å². The van der Waals surface area contributed by atoms with Gasteiger partial charge in [0, 0.05) is 26.5 Å². The van der Waals surface area contributed by atoms with E-state index in [0.29, 0.717) is 11.4 Å². The van der Waals surface area contributed by atoms with Crippen LogP contribution in [-0.2, 0) is 0 Å². The lowest BCUT2D eigenvalue weighted by Gasteiger charge is -2.11. The molecule has 0 aromatic carbocycles. The molecule has 5 nitrogen and oxygen atoms in total. The van der Waals surface area contributed by atoms with Gasteiger partial charge in [-0.2, -0.15) is 0 Å². The van der Waals surface area contributed by atoms with Crippen molar-refractivity contribution in [1.82, 2.24) is 15.2 Å². The summed E-state index contributed by atoms with van der Waals surface area (Å²) in [5.41, 5.74) is 1.26. The fourth-order valence-electron chi connectivity index (χ4n) is 1.14. The third-order valence-electron chi connectivity index (χ3n) is 1.79. The zero-order valence-electron chi connectivity index (χ0n) is 9.97. The van der Waals surface area contributed by atoms with E-state index in [-0.39, 0.29) is 6.03 Å². The summed E-state index contributed by atoms with van der Waals surface area (Å²) in [7, 11) is 3.73. The molecule has 2 N–H and O–H groups in total. The number of amides is 2. The van der Waals surface area contributed by atoms with Gasteiger partial charge in [-0.3, -0.25) is 4.98 Å². The van der Waals surface area contributed by atoms with E-state index in [1.165, 1.54) is 0 Å². The van der Waals surface area contributed by atoms with Gasteiger partial charge in [-0.25, -0.2) is 4.79 Å². The minimum absolute atomic E-state index is 0.328. The second-order valence-corrected chi connectivity index (χ2v) is 3.57.